The Bertz CT molecular complexity index is 1700. The smallest absolute Gasteiger partial charge is 0.185 e. The highest BCUT2D eigenvalue weighted by Gasteiger charge is 2.71. The number of hydrogen-bond donors (Lipinski definition) is 0. The summed E-state index contributed by atoms with van der Waals surface area (Å²) >= 11 is 6.79. The van der Waals surface area contributed by atoms with Gasteiger partial charge in [-0.2, -0.15) is 0 Å². The number of halogens is 2. The number of carbonyl (C=O) groups is 3. The summed E-state index contributed by atoms with van der Waals surface area (Å²) in [6.45, 7) is 0. The van der Waals surface area contributed by atoms with E-state index in [-0.39, 0.29) is 17.3 Å². The molecule has 1 spiro atoms. The molecule has 4 aromatic carbocycles. The Morgan fingerprint density at radius 1 is 0.821 bits per heavy atom. The maximum absolute atomic E-state index is 14.6. The van der Waals surface area contributed by atoms with Gasteiger partial charge in [0.2, 0.25) is 0 Å². The summed E-state index contributed by atoms with van der Waals surface area (Å²) in [5, 5.41) is 0.368. The monoisotopic (exact) mass is 533 g/mol. The zero-order valence-electron chi connectivity index (χ0n) is 20.6. The Hall–Kier alpha value is -4.35. The van der Waals surface area contributed by atoms with Gasteiger partial charge in [-0.15, -0.1) is 0 Å². The largest absolute Gasteiger partial charge is 0.352 e. The predicted molar refractivity (Wildman–Crippen MR) is 148 cm³/mol. The van der Waals surface area contributed by atoms with Crippen LogP contribution in [-0.4, -0.2) is 29.4 Å². The van der Waals surface area contributed by atoms with Crippen LogP contribution in [0.5, 0.6) is 0 Å². The second kappa shape index (κ2) is 8.58. The van der Waals surface area contributed by atoms with Crippen LogP contribution in [0.15, 0.2) is 103 Å². The first kappa shape index (κ1) is 23.7. The van der Waals surface area contributed by atoms with Crippen molar-refractivity contribution in [3.05, 3.63) is 142 Å². The molecule has 1 aliphatic carbocycles. The molecule has 39 heavy (non-hydrogen) atoms. The molecule has 190 valence electrons. The molecule has 0 aromatic heterocycles. The number of benzene rings is 4. The molecule has 2 heterocycles. The van der Waals surface area contributed by atoms with Crippen LogP contribution in [-0.2, 0) is 0 Å². The SMILES string of the molecule is O=C(c1ccccc1)[C@H]1[C@H](c2ccccc2Cl)C2(C(=O)c3ccccc3C2=O)C2C=Cc3cc(F)ccc3N21. The third-order valence-electron chi connectivity index (χ3n) is 8.33. The predicted octanol–water partition coefficient (Wildman–Crippen LogP) is 6.80. The van der Waals surface area contributed by atoms with Gasteiger partial charge in [0.05, 0.1) is 6.04 Å². The Morgan fingerprint density at radius 2 is 1.46 bits per heavy atom. The van der Waals surface area contributed by atoms with E-state index in [4.69, 9.17) is 11.6 Å². The minimum Gasteiger partial charge on any atom is -0.352 e. The minimum absolute atomic E-state index is 0.246. The number of fused-ring (bicyclic) bond motifs is 5. The Morgan fingerprint density at radius 3 is 2.15 bits per heavy atom. The lowest BCUT2D eigenvalue weighted by Crippen LogP contribution is -2.48. The van der Waals surface area contributed by atoms with Crippen LogP contribution in [0, 0.1) is 11.2 Å². The van der Waals surface area contributed by atoms with Crippen molar-refractivity contribution in [3.8, 4) is 0 Å². The molecule has 6 heteroatoms. The standard InChI is InChI=1S/C33H21ClFNO3/c34-25-13-7-6-12-24(25)28-29(30(37)19-8-2-1-3-9-19)36-26-16-15-21(35)18-20(26)14-17-27(36)33(28)31(38)22-10-4-5-11-23(22)32(33)39/h1-18,27-29H/t27?,28-,29+/m0/s1. The molecular formula is C33H21ClFNO3. The first-order chi connectivity index (χ1) is 18.9. The number of anilines is 1. The van der Waals surface area contributed by atoms with Crippen molar-refractivity contribution in [2.45, 2.75) is 18.0 Å². The van der Waals surface area contributed by atoms with E-state index in [1.54, 1.807) is 91.0 Å². The van der Waals surface area contributed by atoms with Gasteiger partial charge in [0.1, 0.15) is 17.3 Å². The van der Waals surface area contributed by atoms with Crippen molar-refractivity contribution in [2.75, 3.05) is 4.90 Å². The number of carbonyl (C=O) groups excluding carboxylic acids is 3. The van der Waals surface area contributed by atoms with Crippen LogP contribution >= 0.6 is 11.6 Å². The molecule has 1 fully saturated rings. The fraction of sp³-hybridized carbons (Fsp3) is 0.121. The van der Waals surface area contributed by atoms with Gasteiger partial charge in [-0.25, -0.2) is 4.39 Å². The summed E-state index contributed by atoms with van der Waals surface area (Å²) in [4.78, 5) is 45.5. The molecule has 0 N–H and O–H groups in total. The van der Waals surface area contributed by atoms with Gasteiger partial charge in [-0.05, 0) is 29.8 Å². The van der Waals surface area contributed by atoms with Crippen LogP contribution in [0.2, 0.25) is 5.02 Å². The summed E-state index contributed by atoms with van der Waals surface area (Å²) in [5.74, 6) is -2.23. The van der Waals surface area contributed by atoms with E-state index in [0.29, 0.717) is 38.5 Å². The van der Waals surface area contributed by atoms with Crippen molar-refractivity contribution in [1.82, 2.24) is 0 Å². The van der Waals surface area contributed by atoms with Gasteiger partial charge in [-0.3, -0.25) is 14.4 Å². The maximum Gasteiger partial charge on any atom is 0.185 e. The van der Waals surface area contributed by atoms with Gasteiger partial charge in [0.15, 0.2) is 17.3 Å². The second-order valence-electron chi connectivity index (χ2n) is 10.2. The topological polar surface area (TPSA) is 54.5 Å². The summed E-state index contributed by atoms with van der Waals surface area (Å²) in [5.41, 5.74) is 1.19. The number of Topliss-reactive ketones (excluding diaryl/α,β-unsaturated/α-hetero) is 3. The van der Waals surface area contributed by atoms with Crippen LogP contribution in [0.1, 0.15) is 48.1 Å². The summed E-state index contributed by atoms with van der Waals surface area (Å²) in [6, 6.07) is 25.3. The normalized spacial score (nSPS) is 22.1. The number of ketones is 3. The van der Waals surface area contributed by atoms with Gasteiger partial charge in [-0.1, -0.05) is 96.5 Å². The molecule has 0 amide bonds. The fourth-order valence-corrected chi connectivity index (χ4v) is 7.04. The number of hydrogen-bond acceptors (Lipinski definition) is 4. The number of nitrogens with zero attached hydrogens (tertiary/aromatic N) is 1. The number of rotatable bonds is 3. The van der Waals surface area contributed by atoms with Gasteiger partial charge >= 0.3 is 0 Å². The Kier molecular flexibility index (Phi) is 5.23. The first-order valence-electron chi connectivity index (χ1n) is 12.7. The molecule has 2 aliphatic heterocycles. The van der Waals surface area contributed by atoms with Crippen LogP contribution in [0.4, 0.5) is 10.1 Å². The average molecular weight is 534 g/mol. The minimum atomic E-state index is -1.65. The summed E-state index contributed by atoms with van der Waals surface area (Å²) in [7, 11) is 0. The van der Waals surface area contributed by atoms with E-state index in [1.165, 1.54) is 12.1 Å². The molecule has 3 aliphatic rings. The van der Waals surface area contributed by atoms with E-state index in [0.717, 1.165) is 0 Å². The lowest BCUT2D eigenvalue weighted by atomic mass is 9.64. The third kappa shape index (κ3) is 3.14. The highest BCUT2D eigenvalue weighted by atomic mass is 35.5. The second-order valence-corrected chi connectivity index (χ2v) is 10.6. The molecule has 4 nitrogen and oxygen atoms in total. The average Bonchev–Trinajstić information content (AvgIpc) is 3.39. The van der Waals surface area contributed by atoms with Crippen molar-refractivity contribution in [2.24, 2.45) is 5.41 Å². The van der Waals surface area contributed by atoms with E-state index < -0.39 is 29.2 Å². The maximum atomic E-state index is 14.6. The Labute approximate surface area is 229 Å². The van der Waals surface area contributed by atoms with Gasteiger partial charge in [0, 0.05) is 38.9 Å². The zero-order chi connectivity index (χ0) is 26.9. The molecule has 1 saturated heterocycles. The molecule has 0 radical (unpaired) electrons. The Balaban J connectivity index is 1.57. The molecule has 0 saturated carbocycles. The van der Waals surface area contributed by atoms with E-state index >= 15 is 0 Å². The summed E-state index contributed by atoms with van der Waals surface area (Å²) in [6.07, 6.45) is 3.51. The molecule has 4 aromatic rings. The quantitative estimate of drug-likeness (QED) is 0.215. The van der Waals surface area contributed by atoms with Crippen LogP contribution in [0.3, 0.4) is 0 Å². The van der Waals surface area contributed by atoms with Crippen LogP contribution < -0.4 is 4.90 Å². The molecule has 0 bridgehead atoms. The summed E-state index contributed by atoms with van der Waals surface area (Å²) < 4.78 is 14.3. The third-order valence-corrected chi connectivity index (χ3v) is 8.68. The van der Waals surface area contributed by atoms with E-state index in [1.807, 2.05) is 11.0 Å². The lowest BCUT2D eigenvalue weighted by Gasteiger charge is -2.37. The van der Waals surface area contributed by atoms with Crippen molar-refractivity contribution >= 4 is 40.7 Å². The van der Waals surface area contributed by atoms with Crippen molar-refractivity contribution < 1.29 is 18.8 Å². The van der Waals surface area contributed by atoms with Crippen LogP contribution in [0.25, 0.3) is 6.08 Å². The van der Waals surface area contributed by atoms with E-state index in [2.05, 4.69) is 0 Å². The molecule has 3 atom stereocenters. The fourth-order valence-electron chi connectivity index (χ4n) is 6.79. The van der Waals surface area contributed by atoms with E-state index in [9.17, 15) is 18.8 Å². The molecular weight excluding hydrogens is 513 g/mol. The zero-order valence-corrected chi connectivity index (χ0v) is 21.3. The van der Waals surface area contributed by atoms with Crippen molar-refractivity contribution in [1.29, 1.82) is 0 Å². The first-order valence-corrected chi connectivity index (χ1v) is 13.1. The van der Waals surface area contributed by atoms with Gasteiger partial charge < -0.3 is 4.90 Å². The molecule has 7 rings (SSSR count). The highest BCUT2D eigenvalue weighted by Crippen LogP contribution is 2.61. The highest BCUT2D eigenvalue weighted by molar-refractivity contribution is 6.34. The molecule has 1 unspecified atom stereocenters. The lowest BCUT2D eigenvalue weighted by molar-refractivity contribution is 0.0666. The van der Waals surface area contributed by atoms with Gasteiger partial charge in [0.25, 0.3) is 0 Å². The van der Waals surface area contributed by atoms with Crippen molar-refractivity contribution in [3.63, 3.8) is 0 Å².